The van der Waals surface area contributed by atoms with Crippen LogP contribution in [0.25, 0.3) is 0 Å². The Morgan fingerprint density at radius 3 is 2.39 bits per heavy atom. The van der Waals surface area contributed by atoms with E-state index in [-0.39, 0.29) is 17.6 Å². The molecule has 158 valence electrons. The molecule has 1 atom stereocenters. The maximum atomic E-state index is 13.3. The predicted octanol–water partition coefficient (Wildman–Crippen LogP) is 4.32. The first kappa shape index (κ1) is 22.2. The first-order valence-electron chi connectivity index (χ1n) is 9.87. The van der Waals surface area contributed by atoms with Crippen molar-refractivity contribution in [1.29, 1.82) is 5.26 Å². The van der Waals surface area contributed by atoms with Gasteiger partial charge in [0.2, 0.25) is 0 Å². The van der Waals surface area contributed by atoms with Crippen molar-refractivity contribution in [2.24, 2.45) is 0 Å². The van der Waals surface area contributed by atoms with Gasteiger partial charge in [-0.1, -0.05) is 60.3 Å². The number of carbonyl (C=O) groups excluding carboxylic acids is 2. The van der Waals surface area contributed by atoms with Gasteiger partial charge in [-0.15, -0.1) is 0 Å². The van der Waals surface area contributed by atoms with Crippen molar-refractivity contribution in [2.75, 3.05) is 17.7 Å². The average Bonchev–Trinajstić information content (AvgIpc) is 2.78. The molecule has 2 aromatic rings. The molecule has 0 saturated heterocycles. The second-order valence-electron chi connectivity index (χ2n) is 6.78. The summed E-state index contributed by atoms with van der Waals surface area (Å²) in [6.45, 7) is 3.85. The quantitative estimate of drug-likeness (QED) is 0.632. The molecule has 6 nitrogen and oxygen atoms in total. The third-order valence-electron chi connectivity index (χ3n) is 4.70. The number of amides is 1. The van der Waals surface area contributed by atoms with Crippen LogP contribution < -0.4 is 10.6 Å². The minimum Gasteiger partial charge on any atom is -0.465 e. The highest BCUT2D eigenvalue weighted by Crippen LogP contribution is 2.40. The number of hydrogen-bond acceptors (Lipinski definition) is 6. The first-order valence-corrected chi connectivity index (χ1v) is 10.9. The summed E-state index contributed by atoms with van der Waals surface area (Å²) in [6.07, 6.45) is 0. The van der Waals surface area contributed by atoms with Crippen LogP contribution in [0.3, 0.4) is 0 Å². The normalized spacial score (nSPS) is 15.7. The van der Waals surface area contributed by atoms with Crippen LogP contribution in [0.15, 0.2) is 82.5 Å². The molecule has 0 radical (unpaired) electrons. The van der Waals surface area contributed by atoms with Crippen LogP contribution in [0.4, 0.5) is 5.69 Å². The van der Waals surface area contributed by atoms with Gasteiger partial charge in [-0.25, -0.2) is 0 Å². The molecule has 7 heteroatoms. The van der Waals surface area contributed by atoms with E-state index in [1.807, 2.05) is 60.7 Å². The standard InChI is InChI=1S/C24H23N3O3S/c1-3-30-20(28)15-31-24-19(14-25)22(17-10-6-4-7-11-17)21(16(2)26-24)23(29)27-18-12-8-5-9-13-18/h4-13,22,26H,3,15H2,1-2H3,(H,27,29)/t22-/m1/s1. The van der Waals surface area contributed by atoms with Gasteiger partial charge in [-0.05, 0) is 31.5 Å². The highest BCUT2D eigenvalue weighted by molar-refractivity contribution is 8.03. The van der Waals surface area contributed by atoms with Crippen molar-refractivity contribution in [3.8, 4) is 6.07 Å². The van der Waals surface area contributed by atoms with Crippen molar-refractivity contribution in [2.45, 2.75) is 19.8 Å². The number of carbonyl (C=O) groups is 2. The number of dihydropyridines is 1. The highest BCUT2D eigenvalue weighted by atomic mass is 32.2. The van der Waals surface area contributed by atoms with Crippen molar-refractivity contribution in [3.63, 3.8) is 0 Å². The molecule has 0 aromatic heterocycles. The number of nitrogens with zero attached hydrogens (tertiary/aromatic N) is 1. The average molecular weight is 434 g/mol. The predicted molar refractivity (Wildman–Crippen MR) is 122 cm³/mol. The minimum atomic E-state index is -0.555. The van der Waals surface area contributed by atoms with Crippen LogP contribution in [0.5, 0.6) is 0 Å². The Balaban J connectivity index is 1.98. The van der Waals surface area contributed by atoms with Crippen molar-refractivity contribution in [3.05, 3.63) is 88.1 Å². The Kier molecular flexibility index (Phi) is 7.52. The minimum absolute atomic E-state index is 0.0711. The van der Waals surface area contributed by atoms with Crippen LogP contribution in [0.2, 0.25) is 0 Å². The number of ether oxygens (including phenoxy) is 1. The van der Waals surface area contributed by atoms with E-state index in [9.17, 15) is 14.9 Å². The zero-order valence-corrected chi connectivity index (χ0v) is 18.2. The van der Waals surface area contributed by atoms with E-state index in [1.54, 1.807) is 13.8 Å². The van der Waals surface area contributed by atoms with Gasteiger partial charge in [0.15, 0.2) is 0 Å². The molecule has 1 amide bonds. The molecule has 0 spiro atoms. The maximum Gasteiger partial charge on any atom is 0.316 e. The lowest BCUT2D eigenvalue weighted by Crippen LogP contribution is -2.31. The number of nitrogens with one attached hydrogen (secondary N) is 2. The molecule has 1 heterocycles. The van der Waals surface area contributed by atoms with E-state index in [0.717, 1.165) is 5.56 Å². The summed E-state index contributed by atoms with van der Waals surface area (Å²) < 4.78 is 5.00. The summed E-state index contributed by atoms with van der Waals surface area (Å²) >= 11 is 1.20. The molecule has 0 unspecified atom stereocenters. The number of thioether (sulfide) groups is 1. The summed E-state index contributed by atoms with van der Waals surface area (Å²) in [6, 6.07) is 20.9. The van der Waals surface area contributed by atoms with Crippen molar-refractivity contribution >= 4 is 29.3 Å². The zero-order chi connectivity index (χ0) is 22.2. The van der Waals surface area contributed by atoms with Gasteiger partial charge < -0.3 is 15.4 Å². The topological polar surface area (TPSA) is 91.2 Å². The summed E-state index contributed by atoms with van der Waals surface area (Å²) in [5.41, 5.74) is 2.99. The summed E-state index contributed by atoms with van der Waals surface area (Å²) in [4.78, 5) is 25.1. The Morgan fingerprint density at radius 2 is 1.77 bits per heavy atom. The van der Waals surface area contributed by atoms with Crippen LogP contribution in [0, 0.1) is 11.3 Å². The maximum absolute atomic E-state index is 13.3. The number of allylic oxidation sites excluding steroid dienone is 2. The van der Waals surface area contributed by atoms with Gasteiger partial charge in [0.1, 0.15) is 0 Å². The van der Waals surface area contributed by atoms with Gasteiger partial charge in [0.05, 0.1) is 34.9 Å². The van der Waals surface area contributed by atoms with Crippen molar-refractivity contribution < 1.29 is 14.3 Å². The molecular formula is C24H23N3O3S. The van der Waals surface area contributed by atoms with Gasteiger partial charge in [-0.3, -0.25) is 9.59 Å². The van der Waals surface area contributed by atoms with E-state index in [0.29, 0.717) is 34.2 Å². The van der Waals surface area contributed by atoms with E-state index in [1.165, 1.54) is 11.8 Å². The molecule has 31 heavy (non-hydrogen) atoms. The van der Waals surface area contributed by atoms with Gasteiger partial charge in [0, 0.05) is 17.0 Å². The fraction of sp³-hybridized carbons (Fsp3) is 0.208. The van der Waals surface area contributed by atoms with Crippen LogP contribution in [-0.4, -0.2) is 24.2 Å². The number of anilines is 1. The Bertz CT molecular complexity index is 1060. The summed E-state index contributed by atoms with van der Waals surface area (Å²) in [5.74, 6) is -1.13. The van der Waals surface area contributed by atoms with Crippen molar-refractivity contribution in [1.82, 2.24) is 5.32 Å². The number of benzene rings is 2. The van der Waals surface area contributed by atoms with E-state index in [2.05, 4.69) is 16.7 Å². The zero-order valence-electron chi connectivity index (χ0n) is 17.3. The Morgan fingerprint density at radius 1 is 1.13 bits per heavy atom. The van der Waals surface area contributed by atoms with Gasteiger partial charge in [0.25, 0.3) is 5.91 Å². The number of nitriles is 1. The van der Waals surface area contributed by atoms with E-state index < -0.39 is 5.92 Å². The van der Waals surface area contributed by atoms with Crippen LogP contribution in [-0.2, 0) is 14.3 Å². The van der Waals surface area contributed by atoms with Gasteiger partial charge >= 0.3 is 5.97 Å². The first-order chi connectivity index (χ1) is 15.0. The number of hydrogen-bond donors (Lipinski definition) is 2. The summed E-state index contributed by atoms with van der Waals surface area (Å²) in [5, 5.41) is 16.6. The molecule has 0 saturated carbocycles. The largest absolute Gasteiger partial charge is 0.465 e. The molecule has 0 fully saturated rings. The second kappa shape index (κ2) is 10.5. The monoisotopic (exact) mass is 433 g/mol. The number of rotatable bonds is 7. The van der Waals surface area contributed by atoms with Crippen LogP contribution >= 0.6 is 11.8 Å². The van der Waals surface area contributed by atoms with Crippen LogP contribution in [0.1, 0.15) is 25.3 Å². The number of esters is 1. The Hall–Kier alpha value is -3.50. The smallest absolute Gasteiger partial charge is 0.316 e. The number of para-hydroxylation sites is 1. The lowest BCUT2D eigenvalue weighted by Gasteiger charge is -2.29. The highest BCUT2D eigenvalue weighted by Gasteiger charge is 2.34. The second-order valence-corrected chi connectivity index (χ2v) is 7.76. The molecule has 1 aliphatic rings. The third kappa shape index (κ3) is 5.36. The molecule has 0 bridgehead atoms. The Labute approximate surface area is 186 Å². The molecule has 1 aliphatic heterocycles. The molecule has 3 rings (SSSR count). The van der Waals surface area contributed by atoms with Gasteiger partial charge in [-0.2, -0.15) is 5.26 Å². The SMILES string of the molecule is CCOC(=O)CSC1=C(C#N)[C@@H](c2ccccc2)C(C(=O)Nc2ccccc2)=C(C)N1. The molecule has 0 aliphatic carbocycles. The fourth-order valence-electron chi connectivity index (χ4n) is 3.36. The molecular weight excluding hydrogens is 410 g/mol. The molecule has 2 aromatic carbocycles. The lowest BCUT2D eigenvalue weighted by molar-refractivity contribution is -0.139. The summed E-state index contributed by atoms with van der Waals surface area (Å²) in [7, 11) is 0. The van der Waals surface area contributed by atoms with E-state index in [4.69, 9.17) is 4.74 Å². The third-order valence-corrected chi connectivity index (χ3v) is 5.69. The van der Waals surface area contributed by atoms with E-state index >= 15 is 0 Å². The fourth-order valence-corrected chi connectivity index (χ4v) is 4.25. The molecule has 2 N–H and O–H groups in total. The lowest BCUT2D eigenvalue weighted by atomic mass is 9.82.